The van der Waals surface area contributed by atoms with Gasteiger partial charge < -0.3 is 9.47 Å². The first-order valence-electron chi connectivity index (χ1n) is 5.76. The molecule has 3 heteroatoms. The molecule has 0 aliphatic carbocycles. The van der Waals surface area contributed by atoms with Crippen LogP contribution in [0.5, 0.6) is 11.5 Å². The van der Waals surface area contributed by atoms with Crippen LogP contribution >= 0.6 is 11.6 Å². The number of alkyl halides is 1. The Morgan fingerprint density at radius 1 is 1.00 bits per heavy atom. The molecule has 1 atom stereocenters. The highest BCUT2D eigenvalue weighted by Crippen LogP contribution is 2.35. The number of benzene rings is 2. The summed E-state index contributed by atoms with van der Waals surface area (Å²) < 4.78 is 10.6. The molecule has 2 aromatic carbocycles. The van der Waals surface area contributed by atoms with E-state index in [0.29, 0.717) is 6.79 Å². The van der Waals surface area contributed by atoms with E-state index >= 15 is 0 Å². The number of hydrogen-bond acceptors (Lipinski definition) is 2. The summed E-state index contributed by atoms with van der Waals surface area (Å²) in [5.74, 6) is 1.57. The monoisotopic (exact) mass is 259 g/mol. The minimum Gasteiger partial charge on any atom is -0.454 e. The zero-order valence-corrected chi connectivity index (χ0v) is 10.4. The zero-order chi connectivity index (χ0) is 12.4. The van der Waals surface area contributed by atoms with Gasteiger partial charge in [0.25, 0.3) is 0 Å². The molecule has 0 saturated carbocycles. The Kier molecular flexibility index (Phi) is 3.11. The van der Waals surface area contributed by atoms with Crippen LogP contribution in [0, 0.1) is 6.42 Å². The maximum absolute atomic E-state index is 6.36. The fourth-order valence-electron chi connectivity index (χ4n) is 1.92. The van der Waals surface area contributed by atoms with Crippen LogP contribution in [0.1, 0.15) is 16.5 Å². The van der Waals surface area contributed by atoms with Crippen molar-refractivity contribution in [3.05, 3.63) is 66.1 Å². The standard InChI is InChI=1S/C15H12ClO2/c16-13(12-4-2-1-3-5-12)8-11-6-7-14-15(9-11)18-10-17-14/h1-9,13H,10H2. The maximum atomic E-state index is 6.36. The van der Waals surface area contributed by atoms with E-state index in [0.717, 1.165) is 22.6 Å². The topological polar surface area (TPSA) is 18.5 Å². The van der Waals surface area contributed by atoms with E-state index in [1.807, 2.05) is 55.0 Å². The summed E-state index contributed by atoms with van der Waals surface area (Å²) in [6.45, 7) is 0.293. The molecule has 0 bridgehead atoms. The summed E-state index contributed by atoms with van der Waals surface area (Å²) in [7, 11) is 0. The molecule has 91 valence electrons. The van der Waals surface area contributed by atoms with Crippen LogP contribution in [-0.2, 0) is 0 Å². The van der Waals surface area contributed by atoms with E-state index < -0.39 is 0 Å². The van der Waals surface area contributed by atoms with E-state index in [4.69, 9.17) is 21.1 Å². The van der Waals surface area contributed by atoms with Crippen LogP contribution in [0.25, 0.3) is 0 Å². The minimum absolute atomic E-state index is 0.147. The lowest BCUT2D eigenvalue weighted by Gasteiger charge is -2.09. The molecule has 0 saturated heterocycles. The molecule has 1 aliphatic rings. The van der Waals surface area contributed by atoms with Crippen molar-refractivity contribution in [3.63, 3.8) is 0 Å². The number of rotatable bonds is 3. The van der Waals surface area contributed by atoms with Gasteiger partial charge in [-0.05, 0) is 23.3 Å². The van der Waals surface area contributed by atoms with Crippen LogP contribution in [0.2, 0.25) is 0 Å². The molecule has 2 nitrogen and oxygen atoms in total. The Balaban J connectivity index is 1.77. The molecule has 3 rings (SSSR count). The molecular weight excluding hydrogens is 248 g/mol. The molecule has 1 aliphatic heterocycles. The van der Waals surface area contributed by atoms with Gasteiger partial charge in [0.2, 0.25) is 6.79 Å². The van der Waals surface area contributed by atoms with E-state index in [1.165, 1.54) is 0 Å². The maximum Gasteiger partial charge on any atom is 0.231 e. The highest BCUT2D eigenvalue weighted by molar-refractivity contribution is 6.21. The summed E-state index contributed by atoms with van der Waals surface area (Å²) >= 11 is 6.36. The molecule has 18 heavy (non-hydrogen) atoms. The Hall–Kier alpha value is -1.67. The Bertz CT molecular complexity index is 539. The molecule has 2 aromatic rings. The van der Waals surface area contributed by atoms with Gasteiger partial charge in [-0.15, -0.1) is 11.6 Å². The second kappa shape index (κ2) is 4.91. The predicted molar refractivity (Wildman–Crippen MR) is 71.0 cm³/mol. The van der Waals surface area contributed by atoms with Gasteiger partial charge in [0.1, 0.15) is 0 Å². The van der Waals surface area contributed by atoms with Crippen LogP contribution in [0.4, 0.5) is 0 Å². The molecule has 0 spiro atoms. The third-order valence-corrected chi connectivity index (χ3v) is 3.23. The molecule has 1 unspecified atom stereocenters. The van der Waals surface area contributed by atoms with Gasteiger partial charge in [-0.2, -0.15) is 0 Å². The smallest absolute Gasteiger partial charge is 0.231 e. The highest BCUT2D eigenvalue weighted by Gasteiger charge is 2.15. The first-order chi connectivity index (χ1) is 8.83. The van der Waals surface area contributed by atoms with Crippen molar-refractivity contribution in [2.75, 3.05) is 6.79 Å². The second-order valence-electron chi connectivity index (χ2n) is 4.09. The lowest BCUT2D eigenvalue weighted by Crippen LogP contribution is -1.93. The van der Waals surface area contributed by atoms with Crippen molar-refractivity contribution < 1.29 is 9.47 Å². The summed E-state index contributed by atoms with van der Waals surface area (Å²) in [5, 5.41) is -0.147. The average molecular weight is 260 g/mol. The number of hydrogen-bond donors (Lipinski definition) is 0. The Morgan fingerprint density at radius 3 is 2.61 bits per heavy atom. The number of ether oxygens (including phenoxy) is 2. The van der Waals surface area contributed by atoms with Crippen LogP contribution in [0.15, 0.2) is 48.5 Å². The molecule has 1 heterocycles. The average Bonchev–Trinajstić information content (AvgIpc) is 2.87. The van der Waals surface area contributed by atoms with Crippen molar-refractivity contribution in [2.24, 2.45) is 0 Å². The Morgan fingerprint density at radius 2 is 1.78 bits per heavy atom. The van der Waals surface area contributed by atoms with Crippen molar-refractivity contribution in [1.29, 1.82) is 0 Å². The molecular formula is C15H12ClO2. The highest BCUT2D eigenvalue weighted by atomic mass is 35.5. The van der Waals surface area contributed by atoms with Crippen molar-refractivity contribution in [1.82, 2.24) is 0 Å². The summed E-state index contributed by atoms with van der Waals surface area (Å²) in [4.78, 5) is 0. The van der Waals surface area contributed by atoms with Gasteiger partial charge >= 0.3 is 0 Å². The molecule has 0 amide bonds. The minimum atomic E-state index is -0.147. The third kappa shape index (κ3) is 2.29. The normalized spacial score (nSPS) is 14.5. The largest absolute Gasteiger partial charge is 0.454 e. The van der Waals surface area contributed by atoms with Gasteiger partial charge in [-0.3, -0.25) is 0 Å². The van der Waals surface area contributed by atoms with Gasteiger partial charge in [-0.1, -0.05) is 36.4 Å². The van der Waals surface area contributed by atoms with Crippen LogP contribution in [-0.4, -0.2) is 6.79 Å². The number of fused-ring (bicyclic) bond motifs is 1. The van der Waals surface area contributed by atoms with Crippen molar-refractivity contribution in [2.45, 2.75) is 5.38 Å². The summed E-state index contributed by atoms with van der Waals surface area (Å²) in [6, 6.07) is 15.8. The molecule has 0 N–H and O–H groups in total. The molecule has 0 aromatic heterocycles. The summed E-state index contributed by atoms with van der Waals surface area (Å²) in [6.07, 6.45) is 2.00. The van der Waals surface area contributed by atoms with Crippen LogP contribution in [0.3, 0.4) is 0 Å². The fourth-order valence-corrected chi connectivity index (χ4v) is 2.21. The van der Waals surface area contributed by atoms with Gasteiger partial charge in [0, 0.05) is 6.42 Å². The first kappa shape index (κ1) is 11.4. The number of halogens is 1. The van der Waals surface area contributed by atoms with E-state index in [1.54, 1.807) is 0 Å². The Labute approximate surface area is 111 Å². The summed E-state index contributed by atoms with van der Waals surface area (Å²) in [5.41, 5.74) is 2.11. The van der Waals surface area contributed by atoms with Gasteiger partial charge in [-0.25, -0.2) is 0 Å². The van der Waals surface area contributed by atoms with Crippen molar-refractivity contribution >= 4 is 11.6 Å². The lowest BCUT2D eigenvalue weighted by atomic mass is 10.0. The van der Waals surface area contributed by atoms with Gasteiger partial charge in [0.05, 0.1) is 5.38 Å². The van der Waals surface area contributed by atoms with E-state index in [-0.39, 0.29) is 5.38 Å². The third-order valence-electron chi connectivity index (χ3n) is 2.85. The first-order valence-corrected chi connectivity index (χ1v) is 6.20. The van der Waals surface area contributed by atoms with Crippen molar-refractivity contribution in [3.8, 4) is 11.5 Å². The van der Waals surface area contributed by atoms with E-state index in [2.05, 4.69) is 0 Å². The lowest BCUT2D eigenvalue weighted by molar-refractivity contribution is 0.174. The predicted octanol–water partition coefficient (Wildman–Crippen LogP) is 3.95. The fraction of sp³-hybridized carbons (Fsp3) is 0.133. The van der Waals surface area contributed by atoms with Crippen LogP contribution < -0.4 is 9.47 Å². The van der Waals surface area contributed by atoms with E-state index in [9.17, 15) is 0 Å². The zero-order valence-electron chi connectivity index (χ0n) is 9.68. The molecule has 1 radical (unpaired) electrons. The van der Waals surface area contributed by atoms with Gasteiger partial charge in [0.15, 0.2) is 11.5 Å². The SMILES string of the molecule is ClC([CH]c1ccc2c(c1)OCO2)c1ccccc1. The molecule has 0 fully saturated rings. The quantitative estimate of drug-likeness (QED) is 0.777. The second-order valence-corrected chi connectivity index (χ2v) is 4.56.